The molecule has 0 aliphatic rings. The molecule has 1 heterocycles. The lowest BCUT2D eigenvalue weighted by atomic mass is 10.3. The average molecular weight is 256 g/mol. The summed E-state index contributed by atoms with van der Waals surface area (Å²) in [5.41, 5.74) is 0. The van der Waals surface area contributed by atoms with Gasteiger partial charge in [-0.05, 0) is 20.3 Å². The van der Waals surface area contributed by atoms with Crippen LogP contribution >= 0.6 is 0 Å². The van der Waals surface area contributed by atoms with Gasteiger partial charge in [0.1, 0.15) is 5.82 Å². The van der Waals surface area contributed by atoms with E-state index in [2.05, 4.69) is 35.5 Å². The zero-order chi connectivity index (χ0) is 12.7. The van der Waals surface area contributed by atoms with Gasteiger partial charge in [0.25, 0.3) is 0 Å². The van der Waals surface area contributed by atoms with Gasteiger partial charge in [0.2, 0.25) is 0 Å². The van der Waals surface area contributed by atoms with Crippen LogP contribution in [0.4, 0.5) is 0 Å². The van der Waals surface area contributed by atoms with Crippen molar-refractivity contribution in [1.82, 2.24) is 14.8 Å². The van der Waals surface area contributed by atoms with Gasteiger partial charge in [-0.1, -0.05) is 6.92 Å². The SMILES string of the molecule is CCCc1nnc([S-])n1CCC[NH+](CC)CC. The summed E-state index contributed by atoms with van der Waals surface area (Å²) in [4.78, 5) is 1.64. The predicted molar refractivity (Wildman–Crippen MR) is 71.2 cm³/mol. The van der Waals surface area contributed by atoms with Crippen molar-refractivity contribution in [1.29, 1.82) is 0 Å². The van der Waals surface area contributed by atoms with E-state index in [1.807, 2.05) is 0 Å². The molecule has 1 rings (SSSR count). The van der Waals surface area contributed by atoms with Crippen LogP contribution in [-0.4, -0.2) is 34.4 Å². The van der Waals surface area contributed by atoms with Crippen molar-refractivity contribution < 1.29 is 4.90 Å². The number of nitrogens with one attached hydrogen (secondary N) is 1. The number of aryl methyl sites for hydroxylation is 1. The minimum absolute atomic E-state index is 0.642. The van der Waals surface area contributed by atoms with E-state index in [0.717, 1.165) is 31.6 Å². The molecular weight excluding hydrogens is 232 g/mol. The highest BCUT2D eigenvalue weighted by Gasteiger charge is 2.06. The Kier molecular flexibility index (Phi) is 6.44. The molecule has 0 aliphatic carbocycles. The average Bonchev–Trinajstić information content (AvgIpc) is 2.67. The molecule has 0 saturated carbocycles. The number of rotatable bonds is 8. The maximum atomic E-state index is 5.21. The van der Waals surface area contributed by atoms with Crippen LogP contribution in [0.5, 0.6) is 0 Å². The van der Waals surface area contributed by atoms with Crippen LogP contribution in [0.1, 0.15) is 39.4 Å². The second-order valence-corrected chi connectivity index (χ2v) is 4.73. The van der Waals surface area contributed by atoms with Crippen LogP contribution in [0.25, 0.3) is 0 Å². The Labute approximate surface area is 110 Å². The molecule has 0 unspecified atom stereocenters. The third kappa shape index (κ3) is 4.24. The monoisotopic (exact) mass is 256 g/mol. The van der Waals surface area contributed by atoms with Crippen LogP contribution in [-0.2, 0) is 25.6 Å². The summed E-state index contributed by atoms with van der Waals surface area (Å²) >= 11 is 5.21. The van der Waals surface area contributed by atoms with E-state index < -0.39 is 0 Å². The maximum absolute atomic E-state index is 5.21. The number of hydrogen-bond donors (Lipinski definition) is 1. The van der Waals surface area contributed by atoms with E-state index in [-0.39, 0.29) is 0 Å². The molecule has 0 atom stereocenters. The Morgan fingerprint density at radius 3 is 2.47 bits per heavy atom. The van der Waals surface area contributed by atoms with Crippen LogP contribution in [0.15, 0.2) is 5.16 Å². The minimum atomic E-state index is 0.642. The van der Waals surface area contributed by atoms with E-state index in [0.29, 0.717) is 5.16 Å². The highest BCUT2D eigenvalue weighted by Crippen LogP contribution is 2.05. The molecule has 5 heteroatoms. The normalized spacial score (nSPS) is 11.3. The molecule has 1 aromatic heterocycles. The largest absolute Gasteiger partial charge is 0.740 e. The molecule has 0 amide bonds. The first-order chi connectivity index (χ1) is 8.22. The number of aromatic nitrogens is 3. The Morgan fingerprint density at radius 2 is 1.88 bits per heavy atom. The molecule has 0 spiro atoms. The van der Waals surface area contributed by atoms with E-state index >= 15 is 0 Å². The lowest BCUT2D eigenvalue weighted by Crippen LogP contribution is -3.11. The van der Waals surface area contributed by atoms with Gasteiger partial charge in [0.15, 0.2) is 0 Å². The summed E-state index contributed by atoms with van der Waals surface area (Å²) in [7, 11) is 0. The first kappa shape index (κ1) is 14.4. The minimum Gasteiger partial charge on any atom is -0.740 e. The van der Waals surface area contributed by atoms with Crippen molar-refractivity contribution in [3.8, 4) is 0 Å². The van der Waals surface area contributed by atoms with E-state index in [1.54, 1.807) is 4.90 Å². The molecule has 0 aromatic carbocycles. The van der Waals surface area contributed by atoms with Gasteiger partial charge >= 0.3 is 0 Å². The second kappa shape index (κ2) is 7.61. The summed E-state index contributed by atoms with van der Waals surface area (Å²) in [6, 6.07) is 0. The zero-order valence-corrected chi connectivity index (χ0v) is 12.0. The van der Waals surface area contributed by atoms with Gasteiger partial charge in [-0.15, -0.1) is 5.10 Å². The third-order valence-electron chi connectivity index (χ3n) is 3.18. The van der Waals surface area contributed by atoms with E-state index in [4.69, 9.17) is 12.6 Å². The smallest absolute Gasteiger partial charge is 0.131 e. The lowest BCUT2D eigenvalue weighted by Gasteiger charge is -2.17. The van der Waals surface area contributed by atoms with Crippen molar-refractivity contribution in [3.05, 3.63) is 5.82 Å². The Hall–Kier alpha value is -0.680. The summed E-state index contributed by atoms with van der Waals surface area (Å²) in [5, 5.41) is 8.78. The van der Waals surface area contributed by atoms with E-state index in [1.165, 1.54) is 19.6 Å². The van der Waals surface area contributed by atoms with Crippen LogP contribution in [0, 0.1) is 0 Å². The molecule has 0 radical (unpaired) electrons. The highest BCUT2D eigenvalue weighted by molar-refractivity contribution is 7.58. The molecule has 4 nitrogen and oxygen atoms in total. The first-order valence-corrected chi connectivity index (χ1v) is 7.06. The Bertz CT molecular complexity index is 320. The molecular formula is C12H24N4S. The van der Waals surface area contributed by atoms with Gasteiger partial charge in [-0.2, -0.15) is 5.10 Å². The zero-order valence-electron chi connectivity index (χ0n) is 11.2. The summed E-state index contributed by atoms with van der Waals surface area (Å²) < 4.78 is 2.10. The summed E-state index contributed by atoms with van der Waals surface area (Å²) in [6.45, 7) is 11.2. The molecule has 0 fully saturated rings. The topological polar surface area (TPSA) is 35.1 Å². The number of quaternary nitrogens is 1. The first-order valence-electron chi connectivity index (χ1n) is 6.65. The van der Waals surface area contributed by atoms with Gasteiger partial charge < -0.3 is 22.1 Å². The summed E-state index contributed by atoms with van der Waals surface area (Å²) in [6.07, 6.45) is 3.21. The van der Waals surface area contributed by atoms with Crippen molar-refractivity contribution in [2.45, 2.75) is 51.7 Å². The fraction of sp³-hybridized carbons (Fsp3) is 0.833. The quantitative estimate of drug-likeness (QED) is 0.686. The van der Waals surface area contributed by atoms with Crippen molar-refractivity contribution in [2.75, 3.05) is 19.6 Å². The fourth-order valence-electron chi connectivity index (χ4n) is 2.04. The Morgan fingerprint density at radius 1 is 1.18 bits per heavy atom. The fourth-order valence-corrected chi connectivity index (χ4v) is 2.28. The number of hydrogen-bond acceptors (Lipinski definition) is 3. The standard InChI is InChI=1S/C12H24N4S/c1-4-8-11-13-14-12(17)16(11)10-7-9-15(5-2)6-3/h4-10H2,1-3H3,(H,14,17). The molecule has 0 bridgehead atoms. The summed E-state index contributed by atoms with van der Waals surface area (Å²) in [5.74, 6) is 1.05. The van der Waals surface area contributed by atoms with E-state index in [9.17, 15) is 0 Å². The maximum Gasteiger partial charge on any atom is 0.131 e. The molecule has 1 N–H and O–H groups in total. The Balaban J connectivity index is 2.47. The molecule has 0 saturated heterocycles. The molecule has 17 heavy (non-hydrogen) atoms. The molecule has 98 valence electrons. The highest BCUT2D eigenvalue weighted by atomic mass is 32.1. The van der Waals surface area contributed by atoms with Gasteiger partial charge in [0.05, 0.1) is 19.6 Å². The molecule has 1 aromatic rings. The van der Waals surface area contributed by atoms with Crippen molar-refractivity contribution in [2.24, 2.45) is 0 Å². The lowest BCUT2D eigenvalue weighted by molar-refractivity contribution is -0.896. The molecule has 0 aliphatic heterocycles. The predicted octanol–water partition coefficient (Wildman–Crippen LogP) is 0.451. The van der Waals surface area contributed by atoms with Crippen LogP contribution in [0.3, 0.4) is 0 Å². The van der Waals surface area contributed by atoms with Gasteiger partial charge in [-0.25, -0.2) is 0 Å². The second-order valence-electron chi connectivity index (χ2n) is 4.36. The van der Waals surface area contributed by atoms with Crippen LogP contribution < -0.4 is 4.90 Å². The van der Waals surface area contributed by atoms with Gasteiger partial charge in [-0.3, -0.25) is 0 Å². The van der Waals surface area contributed by atoms with Gasteiger partial charge in [0, 0.05) is 24.5 Å². The van der Waals surface area contributed by atoms with Crippen molar-refractivity contribution >= 4 is 12.6 Å². The van der Waals surface area contributed by atoms with Crippen molar-refractivity contribution in [3.63, 3.8) is 0 Å². The van der Waals surface area contributed by atoms with Crippen LogP contribution in [0.2, 0.25) is 0 Å². The third-order valence-corrected chi connectivity index (χ3v) is 3.48. The number of nitrogens with zero attached hydrogens (tertiary/aromatic N) is 3.